The van der Waals surface area contributed by atoms with E-state index in [1.165, 1.54) is 0 Å². The predicted molar refractivity (Wildman–Crippen MR) is 147 cm³/mol. The number of carbonyl (C=O) groups is 2. The monoisotopic (exact) mass is 510 g/mol. The molecule has 0 bridgehead atoms. The SMILES string of the molecule is C[C@@H](c1ccc(-c2ccc(C3(C(N)=O)CC3)nc2)cc1)N1C=CC(CC(C)(C)O)(c2ccccc2)NC1=O. The maximum atomic E-state index is 13.4. The van der Waals surface area contributed by atoms with E-state index in [4.69, 9.17) is 5.73 Å². The minimum atomic E-state index is -0.983. The lowest BCUT2D eigenvalue weighted by Crippen LogP contribution is -2.55. The van der Waals surface area contributed by atoms with Gasteiger partial charge >= 0.3 is 6.03 Å². The van der Waals surface area contributed by atoms with Gasteiger partial charge in [-0.05, 0) is 62.4 Å². The summed E-state index contributed by atoms with van der Waals surface area (Å²) in [5.74, 6) is -0.312. The van der Waals surface area contributed by atoms with E-state index in [1.54, 1.807) is 24.9 Å². The minimum absolute atomic E-state index is 0.206. The summed E-state index contributed by atoms with van der Waals surface area (Å²) in [5, 5.41) is 13.8. The first-order chi connectivity index (χ1) is 18.0. The van der Waals surface area contributed by atoms with Crippen molar-refractivity contribution in [3.05, 3.63) is 102 Å². The quantitative estimate of drug-likeness (QED) is 0.400. The van der Waals surface area contributed by atoms with E-state index in [-0.39, 0.29) is 18.0 Å². The smallest absolute Gasteiger partial charge is 0.322 e. The minimum Gasteiger partial charge on any atom is -0.390 e. The Kier molecular flexibility index (Phi) is 6.35. The van der Waals surface area contributed by atoms with Crippen molar-refractivity contribution in [3.8, 4) is 11.1 Å². The molecule has 7 nitrogen and oxygen atoms in total. The van der Waals surface area contributed by atoms with Crippen molar-refractivity contribution >= 4 is 11.9 Å². The Morgan fingerprint density at radius 2 is 1.74 bits per heavy atom. The Morgan fingerprint density at radius 1 is 1.08 bits per heavy atom. The molecule has 2 aromatic carbocycles. The fourth-order valence-electron chi connectivity index (χ4n) is 5.38. The number of carbonyl (C=O) groups excluding carboxylic acids is 2. The lowest BCUT2D eigenvalue weighted by atomic mass is 9.79. The average Bonchev–Trinajstić information content (AvgIpc) is 3.71. The van der Waals surface area contributed by atoms with E-state index in [0.29, 0.717) is 6.42 Å². The third-order valence-electron chi connectivity index (χ3n) is 7.70. The van der Waals surface area contributed by atoms with Gasteiger partial charge in [-0.3, -0.25) is 14.7 Å². The number of aliphatic hydroxyl groups is 1. The van der Waals surface area contributed by atoms with Crippen LogP contribution < -0.4 is 11.1 Å². The summed E-state index contributed by atoms with van der Waals surface area (Å²) in [6.07, 6.45) is 7.43. The van der Waals surface area contributed by atoms with Gasteiger partial charge in [-0.25, -0.2) is 4.79 Å². The maximum Gasteiger partial charge on any atom is 0.322 e. The van der Waals surface area contributed by atoms with Gasteiger partial charge in [-0.1, -0.05) is 60.7 Å². The van der Waals surface area contributed by atoms with Crippen LogP contribution in [0.1, 0.15) is 62.9 Å². The number of nitrogens with zero attached hydrogens (tertiary/aromatic N) is 2. The first-order valence-corrected chi connectivity index (χ1v) is 13.0. The topological polar surface area (TPSA) is 109 Å². The Bertz CT molecular complexity index is 1360. The molecule has 196 valence electrons. The highest BCUT2D eigenvalue weighted by Gasteiger charge is 2.51. The van der Waals surface area contributed by atoms with E-state index in [9.17, 15) is 14.7 Å². The molecule has 3 aromatic rings. The number of urea groups is 1. The van der Waals surface area contributed by atoms with Gasteiger partial charge in [0, 0.05) is 24.4 Å². The number of hydrogen-bond donors (Lipinski definition) is 3. The fraction of sp³-hybridized carbons (Fsp3) is 0.323. The molecule has 1 unspecified atom stereocenters. The van der Waals surface area contributed by atoms with Crippen molar-refractivity contribution < 1.29 is 14.7 Å². The van der Waals surface area contributed by atoms with Crippen LogP contribution in [-0.2, 0) is 15.7 Å². The zero-order valence-electron chi connectivity index (χ0n) is 22.0. The molecule has 1 fully saturated rings. The van der Waals surface area contributed by atoms with Crippen LogP contribution in [0.5, 0.6) is 0 Å². The molecule has 0 radical (unpaired) electrons. The summed E-state index contributed by atoms with van der Waals surface area (Å²) in [4.78, 5) is 31.4. The molecule has 1 aliphatic heterocycles. The molecule has 1 aromatic heterocycles. The Balaban J connectivity index is 1.35. The van der Waals surface area contributed by atoms with Crippen molar-refractivity contribution in [2.24, 2.45) is 5.73 Å². The van der Waals surface area contributed by atoms with Crippen LogP contribution in [0.4, 0.5) is 4.79 Å². The van der Waals surface area contributed by atoms with Crippen LogP contribution >= 0.6 is 0 Å². The van der Waals surface area contributed by atoms with Crippen LogP contribution in [0, 0.1) is 0 Å². The number of primary amides is 1. The summed E-state index contributed by atoms with van der Waals surface area (Å²) < 4.78 is 0. The molecule has 0 saturated heterocycles. The summed E-state index contributed by atoms with van der Waals surface area (Å²) in [6.45, 7) is 5.48. The summed E-state index contributed by atoms with van der Waals surface area (Å²) in [7, 11) is 0. The molecular weight excluding hydrogens is 476 g/mol. The number of hydrogen-bond acceptors (Lipinski definition) is 4. The van der Waals surface area contributed by atoms with Crippen molar-refractivity contribution in [3.63, 3.8) is 0 Å². The lowest BCUT2D eigenvalue weighted by Gasteiger charge is -2.42. The van der Waals surface area contributed by atoms with Gasteiger partial charge in [0.15, 0.2) is 0 Å². The van der Waals surface area contributed by atoms with Crippen LogP contribution in [0.25, 0.3) is 11.1 Å². The largest absolute Gasteiger partial charge is 0.390 e. The number of rotatable bonds is 8. The third-order valence-corrected chi connectivity index (χ3v) is 7.70. The van der Waals surface area contributed by atoms with Gasteiger partial charge in [0.1, 0.15) is 0 Å². The summed E-state index contributed by atoms with van der Waals surface area (Å²) >= 11 is 0. The molecule has 38 heavy (non-hydrogen) atoms. The van der Waals surface area contributed by atoms with E-state index in [2.05, 4.69) is 10.3 Å². The first-order valence-electron chi connectivity index (χ1n) is 13.0. The van der Waals surface area contributed by atoms with Crippen molar-refractivity contribution in [1.29, 1.82) is 0 Å². The molecule has 5 rings (SSSR count). The van der Waals surface area contributed by atoms with Crippen molar-refractivity contribution in [1.82, 2.24) is 15.2 Å². The summed E-state index contributed by atoms with van der Waals surface area (Å²) in [6, 6.07) is 21.2. The van der Waals surface area contributed by atoms with Crippen LogP contribution in [0.15, 0.2) is 85.2 Å². The number of benzene rings is 2. The zero-order chi connectivity index (χ0) is 27.1. The van der Waals surface area contributed by atoms with Gasteiger partial charge in [0.05, 0.1) is 28.3 Å². The molecule has 2 heterocycles. The van der Waals surface area contributed by atoms with Crippen LogP contribution in [0.3, 0.4) is 0 Å². The molecule has 3 amide bonds. The van der Waals surface area contributed by atoms with Crippen molar-refractivity contribution in [2.45, 2.75) is 62.6 Å². The second-order valence-electron chi connectivity index (χ2n) is 11.2. The van der Waals surface area contributed by atoms with Crippen molar-refractivity contribution in [2.75, 3.05) is 0 Å². The molecule has 1 saturated carbocycles. The van der Waals surface area contributed by atoms with Gasteiger partial charge in [0.2, 0.25) is 5.91 Å². The highest BCUT2D eigenvalue weighted by Crippen LogP contribution is 2.47. The molecule has 7 heteroatoms. The van der Waals surface area contributed by atoms with Gasteiger partial charge in [-0.2, -0.15) is 0 Å². The van der Waals surface area contributed by atoms with Gasteiger partial charge < -0.3 is 16.2 Å². The lowest BCUT2D eigenvalue weighted by molar-refractivity contribution is -0.120. The van der Waals surface area contributed by atoms with E-state index >= 15 is 0 Å². The van der Waals surface area contributed by atoms with E-state index in [1.807, 2.05) is 85.9 Å². The zero-order valence-corrected chi connectivity index (χ0v) is 22.0. The number of nitrogens with one attached hydrogen (secondary N) is 1. The van der Waals surface area contributed by atoms with E-state index in [0.717, 1.165) is 40.8 Å². The Morgan fingerprint density at radius 3 is 2.26 bits per heavy atom. The highest BCUT2D eigenvalue weighted by molar-refractivity contribution is 5.89. The van der Waals surface area contributed by atoms with E-state index < -0.39 is 16.6 Å². The Labute approximate surface area is 223 Å². The van der Waals surface area contributed by atoms with Crippen LogP contribution in [-0.4, -0.2) is 32.5 Å². The number of nitrogens with two attached hydrogens (primary N) is 1. The fourth-order valence-corrected chi connectivity index (χ4v) is 5.38. The summed E-state index contributed by atoms with van der Waals surface area (Å²) in [5.41, 5.74) is 7.78. The molecule has 1 aliphatic carbocycles. The average molecular weight is 511 g/mol. The number of aromatic nitrogens is 1. The molecule has 4 N–H and O–H groups in total. The molecule has 2 atom stereocenters. The molecule has 0 spiro atoms. The predicted octanol–water partition coefficient (Wildman–Crippen LogP) is 4.92. The Hall–Kier alpha value is -3.97. The molecule has 2 aliphatic rings. The number of amides is 3. The maximum absolute atomic E-state index is 13.4. The second kappa shape index (κ2) is 9.40. The molecular formula is C31H34N4O3. The standard InChI is InChI=1S/C31H34N4O3/c1-21(35-18-17-31(34-28(35)37,20-29(2,3)38)25-7-5-4-6-8-25)22-9-11-23(12-10-22)24-13-14-26(33-19-24)30(15-16-30)27(32)36/h4-14,17-19,21,38H,15-16,20H2,1-3H3,(H2,32,36)(H,34,37)/t21-,31?/m0/s1. The third kappa shape index (κ3) is 4.82. The van der Waals surface area contributed by atoms with Gasteiger partial charge in [-0.15, -0.1) is 0 Å². The first kappa shape index (κ1) is 25.7. The highest BCUT2D eigenvalue weighted by atomic mass is 16.3. The van der Waals surface area contributed by atoms with Gasteiger partial charge in [0.25, 0.3) is 0 Å². The normalized spacial score (nSPS) is 21.1. The van der Waals surface area contributed by atoms with Crippen LogP contribution in [0.2, 0.25) is 0 Å². The number of pyridine rings is 1. The second-order valence-corrected chi connectivity index (χ2v) is 11.2.